The van der Waals surface area contributed by atoms with Gasteiger partial charge in [0.2, 0.25) is 11.8 Å². The van der Waals surface area contributed by atoms with Gasteiger partial charge in [0.15, 0.2) is 6.61 Å². The van der Waals surface area contributed by atoms with Gasteiger partial charge in [-0.25, -0.2) is 0 Å². The molecule has 0 aliphatic heterocycles. The van der Waals surface area contributed by atoms with Crippen molar-refractivity contribution in [1.82, 2.24) is 15.5 Å². The van der Waals surface area contributed by atoms with E-state index in [0.29, 0.717) is 44.0 Å². The average molecular weight is 432 g/mol. The number of rotatable bonds is 15. The molecular weight excluding hydrogens is 394 g/mol. The van der Waals surface area contributed by atoms with Crippen LogP contribution in [0.25, 0.3) is 0 Å². The minimum atomic E-state index is -0.0839. The van der Waals surface area contributed by atoms with Crippen molar-refractivity contribution in [2.75, 3.05) is 26.2 Å². The van der Waals surface area contributed by atoms with Crippen LogP contribution in [0.15, 0.2) is 24.3 Å². The van der Waals surface area contributed by atoms with Gasteiger partial charge in [0.25, 0.3) is 5.91 Å². The number of benzene rings is 1. The number of nitrogens with one attached hydrogen (secondary N) is 2. The van der Waals surface area contributed by atoms with E-state index in [0.717, 1.165) is 44.3 Å². The van der Waals surface area contributed by atoms with Gasteiger partial charge in [0.1, 0.15) is 5.75 Å². The van der Waals surface area contributed by atoms with Gasteiger partial charge in [0.05, 0.1) is 0 Å². The van der Waals surface area contributed by atoms with E-state index in [9.17, 15) is 14.4 Å². The third-order valence-electron chi connectivity index (χ3n) is 5.11. The highest BCUT2D eigenvalue weighted by Crippen LogP contribution is 2.18. The average Bonchev–Trinajstić information content (AvgIpc) is 3.57. The Morgan fingerprint density at radius 1 is 1.00 bits per heavy atom. The summed E-state index contributed by atoms with van der Waals surface area (Å²) in [4.78, 5) is 37.8. The number of amides is 3. The van der Waals surface area contributed by atoms with E-state index in [1.165, 1.54) is 0 Å². The number of hydrogen-bond donors (Lipinski definition) is 2. The van der Waals surface area contributed by atoms with Crippen LogP contribution in [0.1, 0.15) is 64.4 Å². The van der Waals surface area contributed by atoms with Crippen molar-refractivity contribution in [1.29, 1.82) is 0 Å². The van der Waals surface area contributed by atoms with Crippen LogP contribution >= 0.6 is 0 Å². The lowest BCUT2D eigenvalue weighted by Gasteiger charge is -2.21. The summed E-state index contributed by atoms with van der Waals surface area (Å²) in [6.45, 7) is 6.29. The molecule has 2 rings (SSSR count). The van der Waals surface area contributed by atoms with Crippen molar-refractivity contribution < 1.29 is 19.1 Å². The van der Waals surface area contributed by atoms with E-state index in [1.807, 2.05) is 29.2 Å². The van der Waals surface area contributed by atoms with Crippen molar-refractivity contribution in [2.24, 2.45) is 0 Å². The number of hydrogen-bond acceptors (Lipinski definition) is 4. The van der Waals surface area contributed by atoms with Crippen molar-refractivity contribution in [3.8, 4) is 5.75 Å². The fourth-order valence-corrected chi connectivity index (χ4v) is 3.29. The maximum Gasteiger partial charge on any atom is 0.258 e. The molecule has 1 saturated carbocycles. The third kappa shape index (κ3) is 10.3. The van der Waals surface area contributed by atoms with E-state index < -0.39 is 0 Å². The molecule has 3 amide bonds. The molecule has 172 valence electrons. The first kappa shape index (κ1) is 24.7. The lowest BCUT2D eigenvalue weighted by molar-refractivity contribution is -0.131. The molecule has 0 bridgehead atoms. The summed E-state index contributed by atoms with van der Waals surface area (Å²) in [6.07, 6.45) is 6.12. The van der Waals surface area contributed by atoms with Gasteiger partial charge in [-0.2, -0.15) is 0 Å². The smallest absolute Gasteiger partial charge is 0.258 e. The SMILES string of the molecule is CCCN(CCC)C(=O)CCCC(=O)NCCc1ccc(OCC(=O)NC2CC2)cc1. The number of carbonyl (C=O) groups is 3. The third-order valence-corrected chi connectivity index (χ3v) is 5.11. The Kier molecular flexibility index (Phi) is 10.9. The zero-order valence-electron chi connectivity index (χ0n) is 19.0. The van der Waals surface area contributed by atoms with Crippen LogP contribution < -0.4 is 15.4 Å². The van der Waals surface area contributed by atoms with Crippen LogP contribution in [-0.2, 0) is 20.8 Å². The second-order valence-corrected chi connectivity index (χ2v) is 8.11. The molecule has 1 aromatic carbocycles. The largest absolute Gasteiger partial charge is 0.484 e. The fraction of sp³-hybridized carbons (Fsp3) is 0.625. The molecule has 2 N–H and O–H groups in total. The fourth-order valence-electron chi connectivity index (χ4n) is 3.29. The molecule has 0 unspecified atom stereocenters. The van der Waals surface area contributed by atoms with Gasteiger partial charge in [-0.05, 0) is 56.2 Å². The predicted octanol–water partition coefficient (Wildman–Crippen LogP) is 2.82. The van der Waals surface area contributed by atoms with Crippen LogP contribution in [-0.4, -0.2) is 54.9 Å². The summed E-state index contributed by atoms with van der Waals surface area (Å²) < 4.78 is 5.49. The van der Waals surface area contributed by atoms with E-state index in [1.54, 1.807) is 0 Å². The highest BCUT2D eigenvalue weighted by atomic mass is 16.5. The summed E-state index contributed by atoms with van der Waals surface area (Å²) in [5.41, 5.74) is 1.08. The summed E-state index contributed by atoms with van der Waals surface area (Å²) in [5, 5.41) is 5.80. The summed E-state index contributed by atoms with van der Waals surface area (Å²) in [7, 11) is 0. The lowest BCUT2D eigenvalue weighted by atomic mass is 10.1. The molecule has 0 heterocycles. The Bertz CT molecular complexity index is 695. The van der Waals surface area contributed by atoms with Gasteiger partial charge in [0, 0.05) is 38.5 Å². The molecule has 0 spiro atoms. The summed E-state index contributed by atoms with van der Waals surface area (Å²) >= 11 is 0. The Morgan fingerprint density at radius 2 is 1.68 bits per heavy atom. The van der Waals surface area contributed by atoms with Crippen molar-refractivity contribution in [3.63, 3.8) is 0 Å². The van der Waals surface area contributed by atoms with E-state index in [-0.39, 0.29) is 24.3 Å². The predicted molar refractivity (Wildman–Crippen MR) is 121 cm³/mol. The summed E-state index contributed by atoms with van der Waals surface area (Å²) in [6, 6.07) is 7.90. The second kappa shape index (κ2) is 13.7. The number of nitrogens with zero attached hydrogens (tertiary/aromatic N) is 1. The molecule has 1 aliphatic carbocycles. The monoisotopic (exact) mass is 431 g/mol. The molecule has 31 heavy (non-hydrogen) atoms. The quantitative estimate of drug-likeness (QED) is 0.447. The van der Waals surface area contributed by atoms with Crippen molar-refractivity contribution in [2.45, 2.75) is 71.3 Å². The molecule has 1 aliphatic rings. The molecular formula is C24H37N3O4. The minimum absolute atomic E-state index is 0.0213. The van der Waals surface area contributed by atoms with Crippen LogP contribution in [0.4, 0.5) is 0 Å². The Morgan fingerprint density at radius 3 is 2.29 bits per heavy atom. The first-order chi connectivity index (χ1) is 15.0. The number of carbonyl (C=O) groups excluding carboxylic acids is 3. The van der Waals surface area contributed by atoms with Crippen LogP contribution in [0.5, 0.6) is 5.75 Å². The van der Waals surface area contributed by atoms with Crippen molar-refractivity contribution >= 4 is 17.7 Å². The lowest BCUT2D eigenvalue weighted by Crippen LogP contribution is -2.32. The zero-order chi connectivity index (χ0) is 22.5. The summed E-state index contributed by atoms with van der Waals surface area (Å²) in [5.74, 6) is 0.693. The van der Waals surface area contributed by atoms with Gasteiger partial charge >= 0.3 is 0 Å². The maximum absolute atomic E-state index is 12.2. The maximum atomic E-state index is 12.2. The molecule has 0 saturated heterocycles. The van der Waals surface area contributed by atoms with Crippen LogP contribution in [0, 0.1) is 0 Å². The highest BCUT2D eigenvalue weighted by molar-refractivity contribution is 5.79. The first-order valence-corrected chi connectivity index (χ1v) is 11.6. The van der Waals surface area contributed by atoms with Crippen LogP contribution in [0.3, 0.4) is 0 Å². The topological polar surface area (TPSA) is 87.7 Å². The molecule has 1 fully saturated rings. The normalized spacial score (nSPS) is 12.8. The molecule has 0 aromatic heterocycles. The molecule has 0 radical (unpaired) electrons. The molecule has 7 heteroatoms. The van der Waals surface area contributed by atoms with E-state index in [2.05, 4.69) is 24.5 Å². The zero-order valence-corrected chi connectivity index (χ0v) is 19.0. The first-order valence-electron chi connectivity index (χ1n) is 11.6. The van der Waals surface area contributed by atoms with Gasteiger partial charge in [-0.3, -0.25) is 14.4 Å². The Labute approximate surface area is 185 Å². The van der Waals surface area contributed by atoms with Gasteiger partial charge < -0.3 is 20.3 Å². The van der Waals surface area contributed by atoms with Gasteiger partial charge in [-0.1, -0.05) is 26.0 Å². The molecule has 1 aromatic rings. The Balaban J connectivity index is 1.57. The standard InChI is InChI=1S/C24H37N3O4/c1-3-16-27(17-4-2)24(30)7-5-6-22(28)25-15-14-19-8-12-21(13-9-19)31-18-23(29)26-20-10-11-20/h8-9,12-13,20H,3-7,10-11,14-18H2,1-2H3,(H,25,28)(H,26,29). The molecule has 7 nitrogen and oxygen atoms in total. The van der Waals surface area contributed by atoms with Gasteiger partial charge in [-0.15, -0.1) is 0 Å². The second-order valence-electron chi connectivity index (χ2n) is 8.11. The van der Waals surface area contributed by atoms with Crippen LogP contribution in [0.2, 0.25) is 0 Å². The minimum Gasteiger partial charge on any atom is -0.484 e. The Hall–Kier alpha value is -2.57. The highest BCUT2D eigenvalue weighted by Gasteiger charge is 2.23. The van der Waals surface area contributed by atoms with Crippen molar-refractivity contribution in [3.05, 3.63) is 29.8 Å². The molecule has 0 atom stereocenters. The number of ether oxygens (including phenoxy) is 1. The van der Waals surface area contributed by atoms with E-state index >= 15 is 0 Å². The van der Waals surface area contributed by atoms with E-state index in [4.69, 9.17) is 4.74 Å².